The summed E-state index contributed by atoms with van der Waals surface area (Å²) in [7, 11) is -3.35. The molecule has 1 heterocycles. The van der Waals surface area contributed by atoms with E-state index in [1.807, 2.05) is 24.3 Å². The summed E-state index contributed by atoms with van der Waals surface area (Å²) in [5.41, 5.74) is 0.769. The Hall–Kier alpha value is -0.920. The molecule has 0 atom stereocenters. The molecule has 0 aromatic heterocycles. The van der Waals surface area contributed by atoms with E-state index in [-0.39, 0.29) is 17.6 Å². The van der Waals surface area contributed by atoms with Crippen LogP contribution in [0.15, 0.2) is 28.7 Å². The average Bonchev–Trinajstić information content (AvgIpc) is 2.58. The molecule has 1 N–H and O–H groups in total. The van der Waals surface area contributed by atoms with Crippen LogP contribution in [0.2, 0.25) is 0 Å². The van der Waals surface area contributed by atoms with Crippen LogP contribution in [-0.4, -0.2) is 38.3 Å². The number of hydrogen-bond donors (Lipinski definition) is 1. The first-order valence-corrected chi connectivity index (χ1v) is 11.3. The van der Waals surface area contributed by atoms with E-state index in [4.69, 9.17) is 0 Å². The van der Waals surface area contributed by atoms with E-state index in [1.54, 1.807) is 0 Å². The van der Waals surface area contributed by atoms with Crippen molar-refractivity contribution in [2.75, 3.05) is 19.6 Å². The Bertz CT molecular complexity index is 671. The highest BCUT2D eigenvalue weighted by Crippen LogP contribution is 2.22. The fourth-order valence-electron chi connectivity index (χ4n) is 3.06. The second-order valence-corrected chi connectivity index (χ2v) is 9.44. The Morgan fingerprint density at radius 2 is 2.00 bits per heavy atom. The van der Waals surface area contributed by atoms with Crippen molar-refractivity contribution in [1.82, 2.24) is 9.62 Å². The van der Waals surface area contributed by atoms with Crippen LogP contribution in [0.4, 0.5) is 0 Å². The number of nitrogens with one attached hydrogen (secondary N) is 1. The van der Waals surface area contributed by atoms with Gasteiger partial charge in [0.2, 0.25) is 15.9 Å². The lowest BCUT2D eigenvalue weighted by Gasteiger charge is -2.30. The maximum Gasteiger partial charge on any atom is 0.223 e. The van der Waals surface area contributed by atoms with Gasteiger partial charge in [-0.25, -0.2) is 12.7 Å². The summed E-state index contributed by atoms with van der Waals surface area (Å²) >= 11 is 3.37. The van der Waals surface area contributed by atoms with Gasteiger partial charge in [-0.05, 0) is 37.0 Å². The number of piperidine rings is 1. The van der Waals surface area contributed by atoms with Gasteiger partial charge in [0.05, 0.1) is 5.75 Å². The van der Waals surface area contributed by atoms with Gasteiger partial charge in [-0.3, -0.25) is 4.79 Å². The molecule has 0 aliphatic carbocycles. The number of amides is 1. The summed E-state index contributed by atoms with van der Waals surface area (Å²) in [5, 5.41) is 2.97. The fraction of sp³-hybridized carbons (Fsp3) is 0.611. The molecule has 0 radical (unpaired) electrons. The highest BCUT2D eigenvalue weighted by molar-refractivity contribution is 9.10. The standard InChI is InChI=1S/C18H27BrN2O3S/c1-2-3-4-10-20-18(22)16-8-11-21(12-9-16)25(23,24)14-15-6-5-7-17(19)13-15/h5-7,13,16H,2-4,8-12,14H2,1H3,(H,20,22). The first-order chi connectivity index (χ1) is 11.9. The first-order valence-electron chi connectivity index (χ1n) is 8.92. The first kappa shape index (κ1) is 20.4. The molecular formula is C18H27BrN2O3S. The third-order valence-electron chi connectivity index (χ3n) is 4.54. The van der Waals surface area contributed by atoms with E-state index < -0.39 is 10.0 Å². The molecule has 0 bridgehead atoms. The summed E-state index contributed by atoms with van der Waals surface area (Å²) in [5.74, 6) is -0.000527. The van der Waals surface area contributed by atoms with Gasteiger partial charge in [-0.15, -0.1) is 0 Å². The molecule has 1 amide bonds. The van der Waals surface area contributed by atoms with Crippen molar-refractivity contribution in [2.45, 2.75) is 44.8 Å². The fourth-order valence-corrected chi connectivity index (χ4v) is 5.05. The van der Waals surface area contributed by atoms with Crippen LogP contribution in [0, 0.1) is 5.92 Å². The van der Waals surface area contributed by atoms with Crippen LogP contribution in [0.5, 0.6) is 0 Å². The van der Waals surface area contributed by atoms with Crippen molar-refractivity contribution < 1.29 is 13.2 Å². The molecule has 0 saturated carbocycles. The average molecular weight is 431 g/mol. The number of carbonyl (C=O) groups excluding carboxylic acids is 1. The number of halogens is 1. The Balaban J connectivity index is 1.83. The predicted molar refractivity (Wildman–Crippen MR) is 104 cm³/mol. The van der Waals surface area contributed by atoms with Crippen molar-refractivity contribution in [3.63, 3.8) is 0 Å². The lowest BCUT2D eigenvalue weighted by Crippen LogP contribution is -2.43. The number of hydrogen-bond acceptors (Lipinski definition) is 3. The minimum Gasteiger partial charge on any atom is -0.356 e. The SMILES string of the molecule is CCCCCNC(=O)C1CCN(S(=O)(=O)Cc2cccc(Br)c2)CC1. The van der Waals surface area contributed by atoms with E-state index in [9.17, 15) is 13.2 Å². The van der Waals surface area contributed by atoms with E-state index in [0.29, 0.717) is 32.5 Å². The molecule has 140 valence electrons. The largest absolute Gasteiger partial charge is 0.356 e. The predicted octanol–water partition coefficient (Wildman–Crippen LogP) is 3.30. The second kappa shape index (κ2) is 9.69. The Labute approximate surface area is 159 Å². The summed E-state index contributed by atoms with van der Waals surface area (Å²) in [6.07, 6.45) is 4.44. The molecule has 7 heteroatoms. The quantitative estimate of drug-likeness (QED) is 0.643. The highest BCUT2D eigenvalue weighted by atomic mass is 79.9. The maximum atomic E-state index is 12.6. The van der Waals surface area contributed by atoms with Crippen LogP contribution < -0.4 is 5.32 Å². The smallest absolute Gasteiger partial charge is 0.223 e. The molecular weight excluding hydrogens is 404 g/mol. The Morgan fingerprint density at radius 1 is 1.28 bits per heavy atom. The van der Waals surface area contributed by atoms with Crippen molar-refractivity contribution >= 4 is 31.9 Å². The van der Waals surface area contributed by atoms with E-state index in [1.165, 1.54) is 4.31 Å². The van der Waals surface area contributed by atoms with Gasteiger partial charge >= 0.3 is 0 Å². The topological polar surface area (TPSA) is 66.5 Å². The summed E-state index contributed by atoms with van der Waals surface area (Å²) in [6, 6.07) is 7.36. The minimum atomic E-state index is -3.35. The minimum absolute atomic E-state index is 0.000318. The number of rotatable bonds is 8. The molecule has 1 aromatic carbocycles. The second-order valence-electron chi connectivity index (χ2n) is 6.56. The van der Waals surface area contributed by atoms with Crippen LogP contribution in [0.3, 0.4) is 0 Å². The van der Waals surface area contributed by atoms with Gasteiger partial charge in [0.1, 0.15) is 0 Å². The van der Waals surface area contributed by atoms with E-state index >= 15 is 0 Å². The van der Waals surface area contributed by atoms with Crippen molar-refractivity contribution in [3.05, 3.63) is 34.3 Å². The van der Waals surface area contributed by atoms with E-state index in [0.717, 1.165) is 29.3 Å². The zero-order valence-corrected chi connectivity index (χ0v) is 17.1. The lowest BCUT2D eigenvalue weighted by atomic mass is 9.97. The molecule has 5 nitrogen and oxygen atoms in total. The molecule has 0 unspecified atom stereocenters. The number of sulfonamides is 1. The van der Waals surface area contributed by atoms with Gasteiger partial charge < -0.3 is 5.32 Å². The summed E-state index contributed by atoms with van der Waals surface area (Å²) < 4.78 is 27.6. The van der Waals surface area contributed by atoms with Gasteiger partial charge in [0, 0.05) is 30.0 Å². The van der Waals surface area contributed by atoms with Crippen LogP contribution in [-0.2, 0) is 20.6 Å². The highest BCUT2D eigenvalue weighted by Gasteiger charge is 2.31. The zero-order chi connectivity index (χ0) is 18.3. The van der Waals surface area contributed by atoms with Crippen LogP contribution in [0.25, 0.3) is 0 Å². The van der Waals surface area contributed by atoms with Crippen molar-refractivity contribution in [2.24, 2.45) is 5.92 Å². The van der Waals surface area contributed by atoms with Crippen LogP contribution in [0.1, 0.15) is 44.6 Å². The van der Waals surface area contributed by atoms with Gasteiger partial charge in [-0.1, -0.05) is 47.8 Å². The van der Waals surface area contributed by atoms with Gasteiger partial charge in [0.25, 0.3) is 0 Å². The number of carbonyl (C=O) groups is 1. The summed E-state index contributed by atoms with van der Waals surface area (Å²) in [4.78, 5) is 12.2. The van der Waals surface area contributed by atoms with Crippen molar-refractivity contribution in [3.8, 4) is 0 Å². The Morgan fingerprint density at radius 3 is 2.64 bits per heavy atom. The van der Waals surface area contributed by atoms with Crippen molar-refractivity contribution in [1.29, 1.82) is 0 Å². The summed E-state index contributed by atoms with van der Waals surface area (Å²) in [6.45, 7) is 3.69. The number of nitrogens with zero attached hydrogens (tertiary/aromatic N) is 1. The molecule has 25 heavy (non-hydrogen) atoms. The molecule has 1 aromatic rings. The Kier molecular flexibility index (Phi) is 7.90. The molecule has 0 spiro atoms. The molecule has 1 aliphatic heterocycles. The lowest BCUT2D eigenvalue weighted by molar-refractivity contribution is -0.126. The van der Waals surface area contributed by atoms with Gasteiger partial charge in [0.15, 0.2) is 0 Å². The van der Waals surface area contributed by atoms with E-state index in [2.05, 4.69) is 28.2 Å². The molecule has 1 saturated heterocycles. The van der Waals surface area contributed by atoms with Crippen LogP contribution >= 0.6 is 15.9 Å². The van der Waals surface area contributed by atoms with Gasteiger partial charge in [-0.2, -0.15) is 0 Å². The number of unbranched alkanes of at least 4 members (excludes halogenated alkanes) is 2. The monoisotopic (exact) mass is 430 g/mol. The zero-order valence-electron chi connectivity index (χ0n) is 14.7. The molecule has 1 fully saturated rings. The molecule has 1 aliphatic rings. The maximum absolute atomic E-state index is 12.6. The normalized spacial score (nSPS) is 16.7. The third-order valence-corrected chi connectivity index (χ3v) is 6.88. The molecule has 2 rings (SSSR count). The third kappa shape index (κ3) is 6.38. The number of benzene rings is 1.